The minimum atomic E-state index is -0.573. The number of benzene rings is 1. The Bertz CT molecular complexity index is 447. The predicted molar refractivity (Wildman–Crippen MR) is 66.6 cm³/mol. The Balaban J connectivity index is 2.23. The first-order chi connectivity index (χ1) is 8.63. The molecule has 4 nitrogen and oxygen atoms in total. The fourth-order valence-corrected chi connectivity index (χ4v) is 2.12. The van der Waals surface area contributed by atoms with E-state index in [9.17, 15) is 9.18 Å². The lowest BCUT2D eigenvalue weighted by atomic mass is 9.91. The molecule has 0 aromatic heterocycles. The zero-order chi connectivity index (χ0) is 13.1. The van der Waals surface area contributed by atoms with Crippen LogP contribution in [-0.4, -0.2) is 35.1 Å². The Labute approximate surface area is 105 Å². The Hall–Kier alpha value is -1.62. The van der Waals surface area contributed by atoms with E-state index in [2.05, 4.69) is 0 Å². The SMILES string of the molecule is Nc1ccc(F)c(C(=O)N(CCO)C2CCC2)c1. The molecule has 0 heterocycles. The van der Waals surface area contributed by atoms with Crippen molar-refractivity contribution in [3.05, 3.63) is 29.6 Å². The lowest BCUT2D eigenvalue weighted by Gasteiger charge is -2.37. The summed E-state index contributed by atoms with van der Waals surface area (Å²) in [7, 11) is 0. The van der Waals surface area contributed by atoms with Gasteiger partial charge in [0.1, 0.15) is 5.82 Å². The number of hydrogen-bond acceptors (Lipinski definition) is 3. The highest BCUT2D eigenvalue weighted by Gasteiger charge is 2.30. The predicted octanol–water partition coefficient (Wildman–Crippen LogP) is 1.39. The van der Waals surface area contributed by atoms with Crippen LogP contribution in [0.3, 0.4) is 0 Å². The van der Waals surface area contributed by atoms with E-state index < -0.39 is 11.7 Å². The maximum atomic E-state index is 13.6. The molecule has 0 bridgehead atoms. The molecule has 0 atom stereocenters. The van der Waals surface area contributed by atoms with Gasteiger partial charge in [-0.1, -0.05) is 0 Å². The molecule has 0 spiro atoms. The first-order valence-electron chi connectivity index (χ1n) is 6.10. The number of nitrogens with zero attached hydrogens (tertiary/aromatic N) is 1. The topological polar surface area (TPSA) is 66.6 Å². The molecule has 1 aliphatic rings. The largest absolute Gasteiger partial charge is 0.399 e. The highest BCUT2D eigenvalue weighted by Crippen LogP contribution is 2.26. The van der Waals surface area contributed by atoms with Crippen molar-refractivity contribution in [1.29, 1.82) is 0 Å². The summed E-state index contributed by atoms with van der Waals surface area (Å²) < 4.78 is 13.6. The highest BCUT2D eigenvalue weighted by atomic mass is 19.1. The molecule has 1 fully saturated rings. The van der Waals surface area contributed by atoms with Crippen LogP contribution >= 0.6 is 0 Å². The number of amides is 1. The lowest BCUT2D eigenvalue weighted by molar-refractivity contribution is 0.0521. The summed E-state index contributed by atoms with van der Waals surface area (Å²) in [6.07, 6.45) is 2.89. The molecular formula is C13H17FN2O2. The average molecular weight is 252 g/mol. The van der Waals surface area contributed by atoms with E-state index in [0.717, 1.165) is 19.3 Å². The molecule has 18 heavy (non-hydrogen) atoms. The summed E-state index contributed by atoms with van der Waals surface area (Å²) in [5, 5.41) is 9.01. The monoisotopic (exact) mass is 252 g/mol. The van der Waals surface area contributed by atoms with Crippen molar-refractivity contribution in [2.75, 3.05) is 18.9 Å². The fourth-order valence-electron chi connectivity index (χ4n) is 2.12. The number of carbonyl (C=O) groups excluding carboxylic acids is 1. The molecule has 1 amide bonds. The van der Waals surface area contributed by atoms with E-state index in [4.69, 9.17) is 10.8 Å². The maximum Gasteiger partial charge on any atom is 0.257 e. The summed E-state index contributed by atoms with van der Waals surface area (Å²) >= 11 is 0. The van der Waals surface area contributed by atoms with Gasteiger partial charge in [-0.3, -0.25) is 4.79 Å². The number of halogens is 1. The molecule has 0 saturated heterocycles. The van der Waals surface area contributed by atoms with Crippen molar-refractivity contribution in [2.24, 2.45) is 0 Å². The molecule has 0 unspecified atom stereocenters. The Morgan fingerprint density at radius 3 is 2.78 bits per heavy atom. The first kappa shape index (κ1) is 12.8. The van der Waals surface area contributed by atoms with Crippen molar-refractivity contribution >= 4 is 11.6 Å². The number of rotatable bonds is 4. The zero-order valence-electron chi connectivity index (χ0n) is 10.1. The quantitative estimate of drug-likeness (QED) is 0.796. The number of anilines is 1. The van der Waals surface area contributed by atoms with Gasteiger partial charge in [0.25, 0.3) is 5.91 Å². The van der Waals surface area contributed by atoms with Crippen LogP contribution in [0.15, 0.2) is 18.2 Å². The zero-order valence-corrected chi connectivity index (χ0v) is 10.1. The third-order valence-corrected chi connectivity index (χ3v) is 3.34. The molecule has 1 saturated carbocycles. The molecule has 1 aromatic carbocycles. The van der Waals surface area contributed by atoms with Crippen LogP contribution < -0.4 is 5.73 Å². The third-order valence-electron chi connectivity index (χ3n) is 3.34. The molecule has 1 aliphatic carbocycles. The average Bonchev–Trinajstić information content (AvgIpc) is 2.28. The van der Waals surface area contributed by atoms with Gasteiger partial charge < -0.3 is 15.7 Å². The van der Waals surface area contributed by atoms with Crippen LogP contribution in [0, 0.1) is 5.82 Å². The van der Waals surface area contributed by atoms with Crippen molar-refractivity contribution in [3.63, 3.8) is 0 Å². The van der Waals surface area contributed by atoms with Gasteiger partial charge in [-0.2, -0.15) is 0 Å². The van der Waals surface area contributed by atoms with Crippen LogP contribution in [0.2, 0.25) is 0 Å². The van der Waals surface area contributed by atoms with E-state index in [1.165, 1.54) is 18.2 Å². The minimum Gasteiger partial charge on any atom is -0.399 e. The van der Waals surface area contributed by atoms with Gasteiger partial charge in [-0.05, 0) is 37.5 Å². The number of nitrogens with two attached hydrogens (primary N) is 1. The van der Waals surface area contributed by atoms with Gasteiger partial charge in [0.05, 0.1) is 12.2 Å². The summed E-state index contributed by atoms with van der Waals surface area (Å²) in [5.41, 5.74) is 5.92. The summed E-state index contributed by atoms with van der Waals surface area (Å²) in [4.78, 5) is 13.8. The second kappa shape index (κ2) is 5.35. The molecule has 0 aliphatic heterocycles. The number of aliphatic hydroxyl groups excluding tert-OH is 1. The van der Waals surface area contributed by atoms with E-state index in [-0.39, 0.29) is 24.8 Å². The van der Waals surface area contributed by atoms with Gasteiger partial charge in [-0.25, -0.2) is 4.39 Å². The van der Waals surface area contributed by atoms with E-state index in [1.54, 1.807) is 4.90 Å². The molecule has 2 rings (SSSR count). The van der Waals surface area contributed by atoms with Crippen LogP contribution in [0.1, 0.15) is 29.6 Å². The van der Waals surface area contributed by atoms with Crippen molar-refractivity contribution in [3.8, 4) is 0 Å². The maximum absolute atomic E-state index is 13.6. The smallest absolute Gasteiger partial charge is 0.257 e. The molecule has 1 aromatic rings. The van der Waals surface area contributed by atoms with Crippen molar-refractivity contribution in [1.82, 2.24) is 4.90 Å². The second-order valence-corrected chi connectivity index (χ2v) is 4.55. The molecular weight excluding hydrogens is 235 g/mol. The fraction of sp³-hybridized carbons (Fsp3) is 0.462. The normalized spacial score (nSPS) is 15.2. The van der Waals surface area contributed by atoms with E-state index in [0.29, 0.717) is 5.69 Å². The standard InChI is InChI=1S/C13H17FN2O2/c14-12-5-4-9(15)8-11(12)13(18)16(6-7-17)10-2-1-3-10/h4-5,8,10,17H,1-3,6-7,15H2. The first-order valence-corrected chi connectivity index (χ1v) is 6.10. The Kier molecular flexibility index (Phi) is 3.81. The number of aliphatic hydroxyl groups is 1. The number of nitrogen functional groups attached to an aromatic ring is 1. The van der Waals surface area contributed by atoms with Gasteiger partial charge >= 0.3 is 0 Å². The lowest BCUT2D eigenvalue weighted by Crippen LogP contribution is -2.45. The molecule has 5 heteroatoms. The van der Waals surface area contributed by atoms with E-state index in [1.807, 2.05) is 0 Å². The van der Waals surface area contributed by atoms with Gasteiger partial charge in [-0.15, -0.1) is 0 Å². The second-order valence-electron chi connectivity index (χ2n) is 4.55. The minimum absolute atomic E-state index is 0.0182. The highest BCUT2D eigenvalue weighted by molar-refractivity contribution is 5.95. The molecule has 3 N–H and O–H groups in total. The van der Waals surface area contributed by atoms with Crippen molar-refractivity contribution in [2.45, 2.75) is 25.3 Å². The van der Waals surface area contributed by atoms with Gasteiger partial charge in [0.2, 0.25) is 0 Å². The summed E-state index contributed by atoms with van der Waals surface area (Å²) in [6, 6.07) is 4.08. The van der Waals surface area contributed by atoms with Gasteiger partial charge in [0.15, 0.2) is 0 Å². The Morgan fingerprint density at radius 1 is 1.50 bits per heavy atom. The summed E-state index contributed by atoms with van der Waals surface area (Å²) in [6.45, 7) is 0.115. The van der Waals surface area contributed by atoms with Crippen LogP contribution in [-0.2, 0) is 0 Å². The van der Waals surface area contributed by atoms with Crippen LogP contribution in [0.25, 0.3) is 0 Å². The molecule has 98 valence electrons. The van der Waals surface area contributed by atoms with Crippen LogP contribution in [0.5, 0.6) is 0 Å². The molecule has 0 radical (unpaired) electrons. The van der Waals surface area contributed by atoms with Crippen LogP contribution in [0.4, 0.5) is 10.1 Å². The number of hydrogen-bond donors (Lipinski definition) is 2. The van der Waals surface area contributed by atoms with Crippen molar-refractivity contribution < 1.29 is 14.3 Å². The third kappa shape index (κ3) is 2.46. The Morgan fingerprint density at radius 2 is 2.22 bits per heavy atom. The summed E-state index contributed by atoms with van der Waals surface area (Å²) in [5.74, 6) is -0.963. The number of carbonyl (C=O) groups is 1. The van der Waals surface area contributed by atoms with E-state index >= 15 is 0 Å². The van der Waals surface area contributed by atoms with Gasteiger partial charge in [0, 0.05) is 18.3 Å².